The highest BCUT2D eigenvalue weighted by Crippen LogP contribution is 2.30. The number of hydrogen-bond donors (Lipinski definition) is 5. The van der Waals surface area contributed by atoms with Crippen LogP contribution in [0.25, 0.3) is 22.6 Å². The second-order valence-electron chi connectivity index (χ2n) is 5.86. The Morgan fingerprint density at radius 2 is 1.77 bits per heavy atom. The quantitative estimate of drug-likeness (QED) is 0.394. The van der Waals surface area contributed by atoms with Gasteiger partial charge in [-0.2, -0.15) is 13.2 Å². The predicted molar refractivity (Wildman–Crippen MR) is 103 cm³/mol. The molecule has 1 aromatic carbocycles. The Morgan fingerprint density at radius 3 is 2.27 bits per heavy atom. The molecule has 0 saturated heterocycles. The van der Waals surface area contributed by atoms with Gasteiger partial charge in [0.25, 0.3) is 0 Å². The molecule has 3 aromatic rings. The molecule has 0 fully saturated rings. The summed E-state index contributed by atoms with van der Waals surface area (Å²) < 4.78 is 37.1. The Labute approximate surface area is 168 Å². The zero-order valence-corrected chi connectivity index (χ0v) is 15.3. The van der Waals surface area contributed by atoms with Crippen molar-refractivity contribution in [2.45, 2.75) is 12.7 Å². The molecular weight excluding hydrogens is 406 g/mol. The summed E-state index contributed by atoms with van der Waals surface area (Å²) >= 11 is 0. The maximum absolute atomic E-state index is 10.6. The van der Waals surface area contributed by atoms with Gasteiger partial charge >= 0.3 is 19.3 Å². The average Bonchev–Trinajstić information content (AvgIpc) is 3.22. The molecule has 0 spiro atoms. The molecule has 0 unspecified atom stereocenters. The lowest BCUT2D eigenvalue weighted by molar-refractivity contribution is -0.192. The third-order valence-corrected chi connectivity index (χ3v) is 3.91. The highest BCUT2D eigenvalue weighted by molar-refractivity contribution is 6.60. The van der Waals surface area contributed by atoms with Crippen molar-refractivity contribution < 1.29 is 37.5 Å². The summed E-state index contributed by atoms with van der Waals surface area (Å²) in [5.74, 6) is -1.89. The number of rotatable bonds is 4. The van der Waals surface area contributed by atoms with Crippen molar-refractivity contribution in [2.24, 2.45) is 5.73 Å². The lowest BCUT2D eigenvalue weighted by atomic mass is 9.75. The number of nitrogens with two attached hydrogens (primary N) is 2. The standard InChI is InChI=1S/C16H16BN3O3.C2HF3O2/c18-9-12-11(10-4-1-2-5-13(10)17(21)22)8-14(20-16(12)19)15-6-3-7-23-15;3-2(4,5)1(6)7/h1-8,21-22H,9,18H2,(H2,19,20);(H,6,7). The van der Waals surface area contributed by atoms with Gasteiger partial charge < -0.3 is 31.0 Å². The molecule has 2 heterocycles. The molecule has 0 aliphatic rings. The summed E-state index contributed by atoms with van der Waals surface area (Å²) in [5, 5.41) is 26.3. The van der Waals surface area contributed by atoms with Gasteiger partial charge in [-0.25, -0.2) is 9.78 Å². The summed E-state index contributed by atoms with van der Waals surface area (Å²) in [7, 11) is -1.60. The Bertz CT molecular complexity index is 1010. The molecule has 158 valence electrons. The number of carboxylic acid groups (broad SMARTS) is 1. The zero-order chi connectivity index (χ0) is 22.5. The van der Waals surface area contributed by atoms with Crippen LogP contribution in [0.5, 0.6) is 0 Å². The summed E-state index contributed by atoms with van der Waals surface area (Å²) in [5.41, 5.74) is 14.8. The van der Waals surface area contributed by atoms with E-state index in [9.17, 15) is 23.2 Å². The van der Waals surface area contributed by atoms with E-state index < -0.39 is 19.3 Å². The Kier molecular flexibility index (Phi) is 7.21. The second-order valence-corrected chi connectivity index (χ2v) is 5.86. The number of anilines is 1. The molecule has 0 bridgehead atoms. The minimum absolute atomic E-state index is 0.183. The van der Waals surface area contributed by atoms with E-state index >= 15 is 0 Å². The smallest absolute Gasteiger partial charge is 0.475 e. The summed E-state index contributed by atoms with van der Waals surface area (Å²) in [6.07, 6.45) is -3.53. The summed E-state index contributed by atoms with van der Waals surface area (Å²) in [6.45, 7) is 0.183. The number of pyridine rings is 1. The Balaban J connectivity index is 0.000000396. The monoisotopic (exact) mass is 423 g/mol. The number of nitrogens with zero attached hydrogens (tertiary/aromatic N) is 1. The first kappa shape index (κ1) is 22.9. The number of halogens is 3. The molecule has 0 saturated carbocycles. The number of furan rings is 1. The maximum Gasteiger partial charge on any atom is 0.490 e. The van der Waals surface area contributed by atoms with Crippen LogP contribution in [-0.2, 0) is 11.3 Å². The predicted octanol–water partition coefficient (Wildman–Crippen LogP) is 1.36. The molecule has 0 aliphatic carbocycles. The van der Waals surface area contributed by atoms with Crippen molar-refractivity contribution in [1.82, 2.24) is 4.98 Å². The number of aliphatic carboxylic acids is 1. The number of alkyl halides is 3. The lowest BCUT2D eigenvalue weighted by Crippen LogP contribution is -2.31. The van der Waals surface area contributed by atoms with Crippen LogP contribution in [0, 0.1) is 0 Å². The first-order valence-corrected chi connectivity index (χ1v) is 8.35. The van der Waals surface area contributed by atoms with Crippen molar-refractivity contribution in [3.8, 4) is 22.6 Å². The summed E-state index contributed by atoms with van der Waals surface area (Å²) in [6, 6.07) is 12.3. The van der Waals surface area contributed by atoms with Crippen LogP contribution in [0.4, 0.5) is 19.0 Å². The maximum atomic E-state index is 10.6. The Hall–Kier alpha value is -3.35. The lowest BCUT2D eigenvalue weighted by Gasteiger charge is -2.15. The molecule has 0 aliphatic heterocycles. The molecule has 7 N–H and O–H groups in total. The average molecular weight is 423 g/mol. The van der Waals surface area contributed by atoms with Gasteiger partial charge in [0, 0.05) is 12.1 Å². The van der Waals surface area contributed by atoms with E-state index in [0.29, 0.717) is 39.4 Å². The van der Waals surface area contributed by atoms with E-state index in [-0.39, 0.29) is 6.54 Å². The molecule has 30 heavy (non-hydrogen) atoms. The molecule has 0 radical (unpaired) electrons. The summed E-state index contributed by atoms with van der Waals surface area (Å²) in [4.78, 5) is 13.2. The first-order chi connectivity index (χ1) is 14.1. The first-order valence-electron chi connectivity index (χ1n) is 8.35. The van der Waals surface area contributed by atoms with E-state index in [1.165, 1.54) is 0 Å². The van der Waals surface area contributed by atoms with Crippen molar-refractivity contribution in [1.29, 1.82) is 0 Å². The molecule has 12 heteroatoms. The van der Waals surface area contributed by atoms with Gasteiger partial charge in [-0.1, -0.05) is 24.3 Å². The van der Waals surface area contributed by atoms with Crippen LogP contribution >= 0.6 is 0 Å². The number of carbonyl (C=O) groups is 1. The largest absolute Gasteiger partial charge is 0.490 e. The number of hydrogen-bond acceptors (Lipinski definition) is 7. The normalized spacial score (nSPS) is 10.9. The van der Waals surface area contributed by atoms with Gasteiger partial charge in [0.1, 0.15) is 11.5 Å². The molecule has 0 amide bonds. The van der Waals surface area contributed by atoms with E-state index in [1.54, 1.807) is 42.7 Å². The van der Waals surface area contributed by atoms with Crippen LogP contribution in [0.3, 0.4) is 0 Å². The SMILES string of the molecule is NCc1c(-c2ccccc2B(O)O)cc(-c2ccco2)nc1N.O=C(O)C(F)(F)F. The zero-order valence-electron chi connectivity index (χ0n) is 15.3. The van der Waals surface area contributed by atoms with Gasteiger partial charge in [-0.3, -0.25) is 0 Å². The van der Waals surface area contributed by atoms with Gasteiger partial charge in [0.2, 0.25) is 0 Å². The fraction of sp³-hybridized carbons (Fsp3) is 0.111. The van der Waals surface area contributed by atoms with Crippen molar-refractivity contribution in [3.05, 3.63) is 54.3 Å². The number of carboxylic acids is 1. The topological polar surface area (TPSA) is 156 Å². The van der Waals surface area contributed by atoms with Crippen LogP contribution in [0.2, 0.25) is 0 Å². The fourth-order valence-corrected chi connectivity index (χ4v) is 2.56. The van der Waals surface area contributed by atoms with E-state index in [2.05, 4.69) is 4.98 Å². The fourth-order valence-electron chi connectivity index (χ4n) is 2.56. The van der Waals surface area contributed by atoms with Gasteiger partial charge in [0.05, 0.1) is 6.26 Å². The van der Waals surface area contributed by atoms with Gasteiger partial charge in [-0.15, -0.1) is 0 Å². The number of nitrogen functional groups attached to an aromatic ring is 1. The van der Waals surface area contributed by atoms with E-state index in [4.69, 9.17) is 25.8 Å². The van der Waals surface area contributed by atoms with Crippen molar-refractivity contribution in [2.75, 3.05) is 5.73 Å². The molecule has 2 aromatic heterocycles. The van der Waals surface area contributed by atoms with E-state index in [1.807, 2.05) is 6.07 Å². The van der Waals surface area contributed by atoms with Gasteiger partial charge in [0.15, 0.2) is 5.76 Å². The van der Waals surface area contributed by atoms with Crippen LogP contribution in [0.1, 0.15) is 5.56 Å². The molecule has 0 atom stereocenters. The molecule has 8 nitrogen and oxygen atoms in total. The van der Waals surface area contributed by atoms with Crippen molar-refractivity contribution in [3.63, 3.8) is 0 Å². The molecular formula is C18H17BF3N3O5. The Morgan fingerprint density at radius 1 is 1.13 bits per heavy atom. The van der Waals surface area contributed by atoms with Crippen LogP contribution in [-0.4, -0.2) is 39.4 Å². The number of aromatic nitrogens is 1. The third-order valence-electron chi connectivity index (χ3n) is 3.91. The number of benzene rings is 1. The second kappa shape index (κ2) is 9.44. The van der Waals surface area contributed by atoms with E-state index in [0.717, 1.165) is 0 Å². The van der Waals surface area contributed by atoms with Gasteiger partial charge in [-0.05, 0) is 34.8 Å². The molecule has 3 rings (SSSR count). The minimum Gasteiger partial charge on any atom is -0.475 e. The third kappa shape index (κ3) is 5.38. The highest BCUT2D eigenvalue weighted by atomic mass is 19.4. The minimum atomic E-state index is -5.08. The van der Waals surface area contributed by atoms with Crippen LogP contribution in [0.15, 0.2) is 53.1 Å². The van der Waals surface area contributed by atoms with Crippen LogP contribution < -0.4 is 16.9 Å². The van der Waals surface area contributed by atoms with Crippen molar-refractivity contribution >= 4 is 24.4 Å². The highest BCUT2D eigenvalue weighted by Gasteiger charge is 2.38.